The predicted octanol–water partition coefficient (Wildman–Crippen LogP) is 2.31. The molecule has 2 rings (SSSR count). The van der Waals surface area contributed by atoms with Crippen LogP contribution in [0.3, 0.4) is 0 Å². The summed E-state index contributed by atoms with van der Waals surface area (Å²) in [6.07, 6.45) is 0. The van der Waals surface area contributed by atoms with Crippen LogP contribution in [0.2, 0.25) is 0 Å². The van der Waals surface area contributed by atoms with Gasteiger partial charge in [0.15, 0.2) is 5.96 Å². The lowest BCUT2D eigenvalue weighted by molar-refractivity contribution is 0.396. The minimum absolute atomic E-state index is 0. The van der Waals surface area contributed by atoms with Crippen LogP contribution >= 0.6 is 24.0 Å². The fraction of sp³-hybridized carbons (Fsp3) is 0.471. The maximum Gasteiger partial charge on any atom is 0.213 e. The quantitative estimate of drug-likeness (QED) is 0.395. The number of nitrogens with zero attached hydrogens (tertiary/aromatic N) is 4. The van der Waals surface area contributed by atoms with Gasteiger partial charge in [-0.15, -0.1) is 24.0 Å². The third-order valence-electron chi connectivity index (χ3n) is 3.83. The highest BCUT2D eigenvalue weighted by molar-refractivity contribution is 14.0. The van der Waals surface area contributed by atoms with E-state index in [1.165, 1.54) is 0 Å². The molecule has 0 aliphatic carbocycles. The Balaban J connectivity index is 0.00000312. The van der Waals surface area contributed by atoms with Gasteiger partial charge in [0, 0.05) is 30.9 Å². The minimum atomic E-state index is 0. The molecule has 0 spiro atoms. The molecule has 8 heteroatoms. The first-order valence-corrected chi connectivity index (χ1v) is 8.06. The van der Waals surface area contributed by atoms with Gasteiger partial charge in [-0.25, -0.2) is 9.98 Å². The summed E-state index contributed by atoms with van der Waals surface area (Å²) < 4.78 is 7.04. The van der Waals surface area contributed by atoms with Crippen LogP contribution in [0.5, 0.6) is 5.88 Å². The molecule has 2 heterocycles. The van der Waals surface area contributed by atoms with Crippen LogP contribution in [-0.4, -0.2) is 34.4 Å². The lowest BCUT2D eigenvalue weighted by Crippen LogP contribution is -2.37. The van der Waals surface area contributed by atoms with Crippen molar-refractivity contribution in [1.29, 1.82) is 0 Å². The van der Waals surface area contributed by atoms with Gasteiger partial charge in [-0.2, -0.15) is 5.10 Å². The average molecular weight is 458 g/mol. The van der Waals surface area contributed by atoms with E-state index in [1.54, 1.807) is 7.11 Å². The van der Waals surface area contributed by atoms with Crippen LogP contribution in [0.25, 0.3) is 0 Å². The normalized spacial score (nSPS) is 11.0. The fourth-order valence-corrected chi connectivity index (χ4v) is 2.39. The van der Waals surface area contributed by atoms with Crippen LogP contribution in [0, 0.1) is 13.8 Å². The molecule has 0 fully saturated rings. The van der Waals surface area contributed by atoms with Gasteiger partial charge < -0.3 is 15.4 Å². The van der Waals surface area contributed by atoms with Crippen molar-refractivity contribution in [3.63, 3.8) is 0 Å². The summed E-state index contributed by atoms with van der Waals surface area (Å²) in [7, 11) is 3.57. The molecule has 2 aromatic heterocycles. The van der Waals surface area contributed by atoms with E-state index in [-0.39, 0.29) is 24.0 Å². The van der Waals surface area contributed by atoms with Crippen molar-refractivity contribution in [2.75, 3.05) is 13.7 Å². The van der Waals surface area contributed by atoms with E-state index in [4.69, 9.17) is 4.74 Å². The molecule has 0 radical (unpaired) electrons. The Morgan fingerprint density at radius 1 is 1.28 bits per heavy atom. The molecular weight excluding hydrogens is 431 g/mol. The highest BCUT2D eigenvalue weighted by Crippen LogP contribution is 2.12. The first-order chi connectivity index (χ1) is 11.5. The van der Waals surface area contributed by atoms with Crippen molar-refractivity contribution < 1.29 is 4.74 Å². The largest absolute Gasteiger partial charge is 0.481 e. The molecule has 25 heavy (non-hydrogen) atoms. The summed E-state index contributed by atoms with van der Waals surface area (Å²) in [6.45, 7) is 8.08. The van der Waals surface area contributed by atoms with Crippen LogP contribution in [0.15, 0.2) is 23.2 Å². The Morgan fingerprint density at radius 3 is 2.64 bits per heavy atom. The maximum atomic E-state index is 5.15. The van der Waals surface area contributed by atoms with Crippen molar-refractivity contribution in [1.82, 2.24) is 25.4 Å². The second-order valence-electron chi connectivity index (χ2n) is 5.49. The van der Waals surface area contributed by atoms with Gasteiger partial charge in [0.1, 0.15) is 0 Å². The third kappa shape index (κ3) is 5.87. The fourth-order valence-electron chi connectivity index (χ4n) is 2.39. The number of ether oxygens (including phenoxy) is 1. The summed E-state index contributed by atoms with van der Waals surface area (Å²) in [6, 6.07) is 5.71. The van der Waals surface area contributed by atoms with Gasteiger partial charge in [-0.1, -0.05) is 6.07 Å². The molecule has 0 saturated heterocycles. The minimum Gasteiger partial charge on any atom is -0.481 e. The Labute approximate surface area is 166 Å². The molecule has 138 valence electrons. The Morgan fingerprint density at radius 2 is 2.04 bits per heavy atom. The SMILES string of the molecule is CCNC(=NCc1c(C)nn(C)c1C)NCc1cccc(OC)n1.I. The van der Waals surface area contributed by atoms with Crippen molar-refractivity contribution in [3.05, 3.63) is 40.8 Å². The van der Waals surface area contributed by atoms with Crippen molar-refractivity contribution in [2.24, 2.45) is 12.0 Å². The van der Waals surface area contributed by atoms with Gasteiger partial charge in [0.05, 0.1) is 31.6 Å². The smallest absolute Gasteiger partial charge is 0.213 e. The molecule has 0 saturated carbocycles. The third-order valence-corrected chi connectivity index (χ3v) is 3.83. The van der Waals surface area contributed by atoms with Gasteiger partial charge in [-0.05, 0) is 26.8 Å². The number of hydrogen-bond acceptors (Lipinski definition) is 4. The zero-order valence-corrected chi connectivity index (χ0v) is 17.8. The number of aryl methyl sites for hydroxylation is 2. The molecule has 2 aromatic rings. The average Bonchev–Trinajstić information content (AvgIpc) is 2.83. The van der Waals surface area contributed by atoms with Crippen molar-refractivity contribution in [2.45, 2.75) is 33.9 Å². The number of guanidine groups is 1. The number of hydrogen-bond donors (Lipinski definition) is 2. The van der Waals surface area contributed by atoms with E-state index in [9.17, 15) is 0 Å². The summed E-state index contributed by atoms with van der Waals surface area (Å²) >= 11 is 0. The first-order valence-electron chi connectivity index (χ1n) is 8.06. The van der Waals surface area contributed by atoms with Crippen LogP contribution in [0.1, 0.15) is 29.6 Å². The van der Waals surface area contributed by atoms with Gasteiger partial charge >= 0.3 is 0 Å². The standard InChI is InChI=1S/C17H26N6O.HI/c1-6-18-17(19-10-14-8-7-9-16(21-14)24-5)20-11-15-12(2)22-23(4)13(15)3;/h7-9H,6,10-11H2,1-5H3,(H2,18,19,20);1H. The number of methoxy groups -OCH3 is 1. The monoisotopic (exact) mass is 458 g/mol. The molecule has 0 aromatic carbocycles. The van der Waals surface area contributed by atoms with E-state index in [0.29, 0.717) is 19.0 Å². The topological polar surface area (TPSA) is 76.4 Å². The first kappa shape index (κ1) is 21.2. The molecule has 7 nitrogen and oxygen atoms in total. The van der Waals surface area contributed by atoms with Crippen LogP contribution < -0.4 is 15.4 Å². The van der Waals surface area contributed by atoms with E-state index in [1.807, 2.05) is 43.8 Å². The molecule has 0 atom stereocenters. The zero-order chi connectivity index (χ0) is 17.5. The Kier molecular flexibility index (Phi) is 8.67. The van der Waals surface area contributed by atoms with Gasteiger partial charge in [0.2, 0.25) is 5.88 Å². The summed E-state index contributed by atoms with van der Waals surface area (Å²) in [5.41, 5.74) is 4.22. The number of halogens is 1. The van der Waals surface area contributed by atoms with Gasteiger partial charge in [0.25, 0.3) is 0 Å². The number of aromatic nitrogens is 3. The number of aliphatic imine (C=N–C) groups is 1. The molecule has 0 amide bonds. The van der Waals surface area contributed by atoms with Gasteiger partial charge in [-0.3, -0.25) is 4.68 Å². The highest BCUT2D eigenvalue weighted by Gasteiger charge is 2.09. The summed E-state index contributed by atoms with van der Waals surface area (Å²) in [5.74, 6) is 1.36. The Hall–Kier alpha value is -1.84. The summed E-state index contributed by atoms with van der Waals surface area (Å²) in [5, 5.41) is 11.0. The van der Waals surface area contributed by atoms with E-state index < -0.39 is 0 Å². The molecule has 0 aliphatic rings. The van der Waals surface area contributed by atoms with Crippen LogP contribution in [0.4, 0.5) is 0 Å². The number of rotatable bonds is 6. The predicted molar refractivity (Wildman–Crippen MR) is 111 cm³/mol. The van der Waals surface area contributed by atoms with Crippen LogP contribution in [-0.2, 0) is 20.1 Å². The molecule has 0 aliphatic heterocycles. The summed E-state index contributed by atoms with van der Waals surface area (Å²) in [4.78, 5) is 9.05. The molecule has 0 bridgehead atoms. The van der Waals surface area contributed by atoms with E-state index in [2.05, 4.69) is 32.6 Å². The zero-order valence-electron chi connectivity index (χ0n) is 15.5. The lowest BCUT2D eigenvalue weighted by Gasteiger charge is -2.11. The second kappa shape index (κ2) is 10.2. The van der Waals surface area contributed by atoms with Crippen molar-refractivity contribution in [3.8, 4) is 5.88 Å². The molecule has 0 unspecified atom stereocenters. The Bertz CT molecular complexity index is 713. The maximum absolute atomic E-state index is 5.15. The lowest BCUT2D eigenvalue weighted by atomic mass is 10.2. The van der Waals surface area contributed by atoms with E-state index >= 15 is 0 Å². The number of nitrogens with one attached hydrogen (secondary N) is 2. The molecular formula is C17H27IN6O. The van der Waals surface area contributed by atoms with Crippen molar-refractivity contribution >= 4 is 29.9 Å². The second-order valence-corrected chi connectivity index (χ2v) is 5.49. The number of pyridine rings is 1. The van der Waals surface area contributed by atoms with E-state index in [0.717, 1.165) is 35.1 Å². The molecule has 2 N–H and O–H groups in total. The highest BCUT2D eigenvalue weighted by atomic mass is 127.